The van der Waals surface area contributed by atoms with E-state index >= 15 is 0 Å². The summed E-state index contributed by atoms with van der Waals surface area (Å²) in [4.78, 5) is 11.7. The molecule has 0 saturated carbocycles. The van der Waals surface area contributed by atoms with Gasteiger partial charge in [0.05, 0.1) is 0 Å². The first kappa shape index (κ1) is 17.0. The van der Waals surface area contributed by atoms with Gasteiger partial charge in [0.15, 0.2) is 0 Å². The van der Waals surface area contributed by atoms with E-state index < -0.39 is 22.0 Å². The Morgan fingerprint density at radius 3 is 2.25 bits per heavy atom. The van der Waals surface area contributed by atoms with Gasteiger partial charge in [-0.3, -0.25) is 4.79 Å². The standard InChI is InChI=1S/C9H16BrCl3O2Si/c1-4-5-6-7(16(11,12)13)15-8(14)9(2,3)10/h7H,4-6H2,1-3H3. The van der Waals surface area contributed by atoms with E-state index in [1.165, 1.54) is 0 Å². The number of carbonyl (C=O) groups is 1. The van der Waals surface area contributed by atoms with Crippen molar-refractivity contribution >= 4 is 61.1 Å². The summed E-state index contributed by atoms with van der Waals surface area (Å²) < 4.78 is 4.51. The molecule has 1 unspecified atom stereocenters. The summed E-state index contributed by atoms with van der Waals surface area (Å²) in [5, 5.41) is 0. The minimum absolute atomic E-state index is 0.396. The second-order valence-corrected chi connectivity index (χ2v) is 14.9. The molecule has 0 radical (unpaired) electrons. The van der Waals surface area contributed by atoms with E-state index in [1.807, 2.05) is 6.92 Å². The molecular formula is C9H16BrCl3O2Si. The Morgan fingerprint density at radius 1 is 1.44 bits per heavy atom. The quantitative estimate of drug-likeness (QED) is 0.299. The normalized spacial score (nSPS) is 14.7. The number of alkyl halides is 1. The molecule has 0 aliphatic heterocycles. The highest BCUT2D eigenvalue weighted by molar-refractivity contribution is 9.10. The van der Waals surface area contributed by atoms with Gasteiger partial charge in [0, 0.05) is 0 Å². The van der Waals surface area contributed by atoms with Crippen LogP contribution in [0.1, 0.15) is 40.0 Å². The second kappa shape index (κ2) is 6.83. The molecule has 7 heteroatoms. The highest BCUT2D eigenvalue weighted by Crippen LogP contribution is 2.31. The maximum Gasteiger partial charge on any atom is 0.381 e. The predicted molar refractivity (Wildman–Crippen MR) is 75.7 cm³/mol. The topological polar surface area (TPSA) is 26.3 Å². The van der Waals surface area contributed by atoms with E-state index in [2.05, 4.69) is 15.9 Å². The maximum absolute atomic E-state index is 11.7. The van der Waals surface area contributed by atoms with Gasteiger partial charge in [-0.2, -0.15) is 0 Å². The molecule has 1 atom stereocenters. The molecule has 0 aromatic heterocycles. The Bertz CT molecular complexity index is 238. The van der Waals surface area contributed by atoms with Crippen molar-refractivity contribution in [1.82, 2.24) is 0 Å². The molecule has 0 aromatic rings. The Labute approximate surface area is 120 Å². The van der Waals surface area contributed by atoms with Crippen LogP contribution in [-0.2, 0) is 9.53 Å². The number of esters is 1. The molecule has 2 nitrogen and oxygen atoms in total. The number of hydrogen-bond donors (Lipinski definition) is 0. The van der Waals surface area contributed by atoms with E-state index in [-0.39, 0.29) is 0 Å². The number of carbonyl (C=O) groups excluding carboxylic acids is 1. The highest BCUT2D eigenvalue weighted by atomic mass is 79.9. The third-order valence-electron chi connectivity index (χ3n) is 1.92. The third-order valence-corrected chi connectivity index (χ3v) is 5.57. The molecule has 0 rings (SSSR count). The lowest BCUT2D eigenvalue weighted by molar-refractivity contribution is -0.147. The lowest BCUT2D eigenvalue weighted by Crippen LogP contribution is -2.40. The molecule has 0 bridgehead atoms. The van der Waals surface area contributed by atoms with Crippen molar-refractivity contribution in [3.8, 4) is 0 Å². The second-order valence-electron chi connectivity index (χ2n) is 4.05. The van der Waals surface area contributed by atoms with Crippen LogP contribution in [0.25, 0.3) is 0 Å². The summed E-state index contributed by atoms with van der Waals surface area (Å²) in [7, 11) is 0. The molecular weight excluding hydrogens is 354 g/mol. The van der Waals surface area contributed by atoms with Crippen molar-refractivity contribution in [2.75, 3.05) is 0 Å². The molecule has 0 fully saturated rings. The van der Waals surface area contributed by atoms with Gasteiger partial charge in [0.2, 0.25) is 0 Å². The van der Waals surface area contributed by atoms with Crippen LogP contribution in [0.15, 0.2) is 0 Å². The Balaban J connectivity index is 4.50. The van der Waals surface area contributed by atoms with Crippen LogP contribution in [0.2, 0.25) is 0 Å². The molecule has 0 heterocycles. The summed E-state index contributed by atoms with van der Waals surface area (Å²) in [5.41, 5.74) is -0.568. The van der Waals surface area contributed by atoms with Crippen LogP contribution in [-0.4, -0.2) is 22.0 Å². The fraction of sp³-hybridized carbons (Fsp3) is 0.889. The summed E-state index contributed by atoms with van der Waals surface area (Å²) in [6.45, 7) is 5.44. The zero-order chi connectivity index (χ0) is 13.0. The minimum atomic E-state index is -3.01. The largest absolute Gasteiger partial charge is 0.461 e. The van der Waals surface area contributed by atoms with Crippen molar-refractivity contribution in [2.24, 2.45) is 0 Å². The smallest absolute Gasteiger partial charge is 0.381 e. The first-order valence-electron chi connectivity index (χ1n) is 5.05. The molecule has 0 saturated heterocycles. The Hall–Kier alpha value is 1.04. The number of hydrogen-bond acceptors (Lipinski definition) is 2. The lowest BCUT2D eigenvalue weighted by atomic mass is 10.2. The monoisotopic (exact) mass is 368 g/mol. The van der Waals surface area contributed by atoms with Gasteiger partial charge in [-0.05, 0) is 20.3 Å². The van der Waals surface area contributed by atoms with Gasteiger partial charge < -0.3 is 4.74 Å². The van der Waals surface area contributed by atoms with E-state index in [4.69, 9.17) is 38.0 Å². The van der Waals surface area contributed by atoms with Crippen molar-refractivity contribution in [3.63, 3.8) is 0 Å². The molecule has 0 aliphatic carbocycles. The van der Waals surface area contributed by atoms with Crippen molar-refractivity contribution < 1.29 is 9.53 Å². The van der Waals surface area contributed by atoms with Crippen molar-refractivity contribution in [2.45, 2.75) is 50.1 Å². The van der Waals surface area contributed by atoms with Crippen LogP contribution in [0, 0.1) is 0 Å². The highest BCUT2D eigenvalue weighted by Gasteiger charge is 2.41. The van der Waals surface area contributed by atoms with E-state index in [0.717, 1.165) is 12.8 Å². The number of rotatable bonds is 6. The van der Waals surface area contributed by atoms with Crippen LogP contribution < -0.4 is 0 Å². The molecule has 0 aromatic carbocycles. The average molecular weight is 371 g/mol. The maximum atomic E-state index is 11.7. The minimum Gasteiger partial charge on any atom is -0.461 e. The van der Waals surface area contributed by atoms with Gasteiger partial charge in [0.25, 0.3) is 0 Å². The number of unbranched alkanes of at least 4 members (excludes halogenated alkanes) is 1. The van der Waals surface area contributed by atoms with Crippen LogP contribution in [0.4, 0.5) is 0 Å². The summed E-state index contributed by atoms with van der Waals surface area (Å²) in [5.74, 6) is -0.396. The fourth-order valence-corrected chi connectivity index (χ4v) is 3.20. The van der Waals surface area contributed by atoms with Crippen molar-refractivity contribution in [3.05, 3.63) is 0 Å². The first-order valence-corrected chi connectivity index (χ1v) is 11.0. The lowest BCUT2D eigenvalue weighted by Gasteiger charge is -2.25. The van der Waals surface area contributed by atoms with E-state index in [9.17, 15) is 4.79 Å². The zero-order valence-electron chi connectivity index (χ0n) is 9.53. The SMILES string of the molecule is CCCCC(OC(=O)C(C)(C)Br)[Si](Cl)(Cl)Cl. The summed E-state index contributed by atoms with van der Waals surface area (Å²) in [6, 6.07) is -3.01. The molecule has 0 amide bonds. The first-order chi connectivity index (χ1) is 7.09. The third kappa shape index (κ3) is 6.69. The predicted octanol–water partition coefficient (Wildman–Crippen LogP) is 4.46. The van der Waals surface area contributed by atoms with Crippen LogP contribution in [0.5, 0.6) is 0 Å². The van der Waals surface area contributed by atoms with E-state index in [0.29, 0.717) is 6.42 Å². The van der Waals surface area contributed by atoms with Gasteiger partial charge in [-0.1, -0.05) is 35.7 Å². The molecule has 0 spiro atoms. The fourth-order valence-electron chi connectivity index (χ4n) is 0.948. The van der Waals surface area contributed by atoms with Crippen LogP contribution in [0.3, 0.4) is 0 Å². The van der Waals surface area contributed by atoms with Gasteiger partial charge in [0.1, 0.15) is 10.1 Å². The van der Waals surface area contributed by atoms with Crippen LogP contribution >= 0.6 is 49.2 Å². The number of ether oxygens (including phenoxy) is 1. The van der Waals surface area contributed by atoms with Gasteiger partial charge in [-0.15, -0.1) is 33.2 Å². The molecule has 96 valence electrons. The summed E-state index contributed by atoms with van der Waals surface area (Å²) >= 11 is 20.9. The van der Waals surface area contributed by atoms with Crippen molar-refractivity contribution in [1.29, 1.82) is 0 Å². The summed E-state index contributed by atoms with van der Waals surface area (Å²) in [6.07, 6.45) is 2.45. The van der Waals surface area contributed by atoms with Gasteiger partial charge in [-0.25, -0.2) is 0 Å². The molecule has 16 heavy (non-hydrogen) atoms. The van der Waals surface area contributed by atoms with Gasteiger partial charge >= 0.3 is 12.0 Å². The zero-order valence-corrected chi connectivity index (χ0v) is 14.4. The average Bonchev–Trinajstić information content (AvgIpc) is 2.08. The Kier molecular flexibility index (Phi) is 7.28. The Morgan fingerprint density at radius 2 is 1.94 bits per heavy atom. The molecule has 0 N–H and O–H groups in total. The number of halogens is 4. The molecule has 0 aliphatic rings. The van der Waals surface area contributed by atoms with E-state index in [1.54, 1.807) is 13.8 Å².